The Morgan fingerprint density at radius 2 is 2.12 bits per heavy atom. The largest absolute Gasteiger partial charge is 0.483 e. The lowest BCUT2D eigenvalue weighted by Crippen LogP contribution is -2.29. The summed E-state index contributed by atoms with van der Waals surface area (Å²) in [5, 5.41) is 11.3. The topological polar surface area (TPSA) is 75.6 Å². The van der Waals surface area contributed by atoms with Gasteiger partial charge in [-0.3, -0.25) is 4.79 Å². The molecule has 0 aliphatic rings. The van der Waals surface area contributed by atoms with E-state index in [0.29, 0.717) is 0 Å². The molecule has 0 aliphatic heterocycles. The van der Waals surface area contributed by atoms with Crippen LogP contribution in [0.1, 0.15) is 10.4 Å². The van der Waals surface area contributed by atoms with Crippen LogP contribution in [-0.4, -0.2) is 30.1 Å². The van der Waals surface area contributed by atoms with Crippen LogP contribution in [0.15, 0.2) is 24.3 Å². The predicted octanol–water partition coefficient (Wildman–Crippen LogP) is 0.513. The number of aromatic carboxylic acids is 1. The number of rotatable bonds is 5. The van der Waals surface area contributed by atoms with Gasteiger partial charge in [0.05, 0.1) is 6.54 Å². The number of benzene rings is 1. The Balaban J connectivity index is 2.61. The highest BCUT2D eigenvalue weighted by molar-refractivity contribution is 5.91. The molecule has 1 amide bonds. The van der Waals surface area contributed by atoms with Crippen molar-refractivity contribution in [3.05, 3.63) is 29.8 Å². The number of nitrogens with one attached hydrogen (secondary N) is 1. The van der Waals surface area contributed by atoms with Crippen molar-refractivity contribution in [3.63, 3.8) is 0 Å². The lowest BCUT2D eigenvalue weighted by molar-refractivity contribution is -0.122. The summed E-state index contributed by atoms with van der Waals surface area (Å²) in [6, 6.07) is 6.09. The Labute approximate surface area is 98.4 Å². The Morgan fingerprint density at radius 1 is 1.41 bits per heavy atom. The first-order valence-electron chi connectivity index (χ1n) is 4.80. The molecule has 1 rings (SSSR count). The quantitative estimate of drug-likeness (QED) is 0.727. The zero-order valence-electron chi connectivity index (χ0n) is 8.97. The summed E-state index contributed by atoms with van der Waals surface area (Å²) in [7, 11) is 0. The zero-order valence-corrected chi connectivity index (χ0v) is 8.97. The van der Waals surface area contributed by atoms with Crippen LogP contribution in [0, 0.1) is 12.3 Å². The third-order valence-corrected chi connectivity index (χ3v) is 1.86. The summed E-state index contributed by atoms with van der Waals surface area (Å²) < 4.78 is 5.10. The molecule has 88 valence electrons. The number of hydrogen-bond acceptors (Lipinski definition) is 3. The van der Waals surface area contributed by atoms with Crippen LogP contribution in [0.2, 0.25) is 0 Å². The van der Waals surface area contributed by atoms with Crippen LogP contribution in [0.5, 0.6) is 5.75 Å². The molecule has 0 aliphatic carbocycles. The number of ether oxygens (including phenoxy) is 1. The van der Waals surface area contributed by atoms with E-state index in [-0.39, 0.29) is 24.5 Å². The fourth-order valence-corrected chi connectivity index (χ4v) is 1.11. The second-order valence-electron chi connectivity index (χ2n) is 3.07. The molecule has 0 atom stereocenters. The van der Waals surface area contributed by atoms with Gasteiger partial charge in [0.2, 0.25) is 0 Å². The van der Waals surface area contributed by atoms with E-state index >= 15 is 0 Å². The molecule has 0 fully saturated rings. The van der Waals surface area contributed by atoms with Gasteiger partial charge < -0.3 is 15.2 Å². The van der Waals surface area contributed by atoms with E-state index < -0.39 is 11.9 Å². The number of terminal acetylenes is 1. The molecular formula is C12H11NO4. The van der Waals surface area contributed by atoms with Gasteiger partial charge in [-0.05, 0) is 12.1 Å². The Morgan fingerprint density at radius 3 is 2.76 bits per heavy atom. The van der Waals surface area contributed by atoms with Gasteiger partial charge in [0, 0.05) is 0 Å². The monoisotopic (exact) mass is 233 g/mol. The minimum absolute atomic E-state index is 0.0113. The van der Waals surface area contributed by atoms with Crippen molar-refractivity contribution in [1.82, 2.24) is 5.32 Å². The van der Waals surface area contributed by atoms with Crippen molar-refractivity contribution in [2.75, 3.05) is 13.2 Å². The van der Waals surface area contributed by atoms with Crippen LogP contribution >= 0.6 is 0 Å². The standard InChI is InChI=1S/C12H11NO4/c1-2-7-13-11(14)8-17-10-6-4-3-5-9(10)12(15)16/h1,3-6H,7-8H2,(H,13,14)(H,15,16). The summed E-state index contributed by atoms with van der Waals surface area (Å²) >= 11 is 0. The fourth-order valence-electron chi connectivity index (χ4n) is 1.11. The number of carboxylic acid groups (broad SMARTS) is 1. The van der Waals surface area contributed by atoms with Gasteiger partial charge in [-0.25, -0.2) is 4.79 Å². The summed E-state index contributed by atoms with van der Waals surface area (Å²) in [4.78, 5) is 22.0. The maximum absolute atomic E-state index is 11.2. The molecule has 17 heavy (non-hydrogen) atoms. The van der Waals surface area contributed by atoms with E-state index in [1.54, 1.807) is 12.1 Å². The molecule has 0 saturated heterocycles. The van der Waals surface area contributed by atoms with Gasteiger partial charge in [-0.1, -0.05) is 18.1 Å². The van der Waals surface area contributed by atoms with Crippen molar-refractivity contribution in [3.8, 4) is 18.1 Å². The van der Waals surface area contributed by atoms with Crippen LogP contribution in [-0.2, 0) is 4.79 Å². The SMILES string of the molecule is C#CCNC(=O)COc1ccccc1C(=O)O. The molecule has 0 spiro atoms. The minimum Gasteiger partial charge on any atom is -0.483 e. The molecule has 1 aromatic rings. The summed E-state index contributed by atoms with van der Waals surface area (Å²) in [5.41, 5.74) is 0.0113. The second-order valence-corrected chi connectivity index (χ2v) is 3.07. The van der Waals surface area contributed by atoms with E-state index in [0.717, 1.165) is 0 Å². The van der Waals surface area contributed by atoms with Gasteiger partial charge in [-0.15, -0.1) is 6.42 Å². The Hall–Kier alpha value is -2.48. The van der Waals surface area contributed by atoms with E-state index in [1.807, 2.05) is 0 Å². The molecular weight excluding hydrogens is 222 g/mol. The number of carbonyl (C=O) groups excluding carboxylic acids is 1. The maximum atomic E-state index is 11.2. The van der Waals surface area contributed by atoms with E-state index in [4.69, 9.17) is 16.3 Å². The minimum atomic E-state index is -1.11. The van der Waals surface area contributed by atoms with Crippen molar-refractivity contribution >= 4 is 11.9 Å². The van der Waals surface area contributed by atoms with Crippen molar-refractivity contribution in [1.29, 1.82) is 0 Å². The first kappa shape index (κ1) is 12.6. The van der Waals surface area contributed by atoms with Crippen molar-refractivity contribution in [2.24, 2.45) is 0 Å². The first-order valence-corrected chi connectivity index (χ1v) is 4.80. The molecule has 0 radical (unpaired) electrons. The molecule has 1 aromatic carbocycles. The van der Waals surface area contributed by atoms with Gasteiger partial charge in [0.25, 0.3) is 5.91 Å². The molecule has 0 bridgehead atoms. The lowest BCUT2D eigenvalue weighted by atomic mass is 10.2. The van der Waals surface area contributed by atoms with Crippen molar-refractivity contribution < 1.29 is 19.4 Å². The average molecular weight is 233 g/mol. The van der Waals surface area contributed by atoms with E-state index in [2.05, 4.69) is 11.2 Å². The third kappa shape index (κ3) is 3.87. The highest BCUT2D eigenvalue weighted by Gasteiger charge is 2.11. The smallest absolute Gasteiger partial charge is 0.339 e. The molecule has 5 heteroatoms. The first-order chi connectivity index (χ1) is 8.15. The maximum Gasteiger partial charge on any atom is 0.339 e. The number of para-hydroxylation sites is 1. The Kier molecular flexibility index (Phi) is 4.58. The molecule has 5 nitrogen and oxygen atoms in total. The Bertz CT molecular complexity index is 462. The van der Waals surface area contributed by atoms with Crippen LogP contribution in [0.4, 0.5) is 0 Å². The third-order valence-electron chi connectivity index (χ3n) is 1.86. The second kappa shape index (κ2) is 6.18. The molecule has 0 saturated carbocycles. The van der Waals surface area contributed by atoms with Crippen LogP contribution in [0.25, 0.3) is 0 Å². The summed E-state index contributed by atoms with van der Waals surface area (Å²) in [5.74, 6) is 0.887. The van der Waals surface area contributed by atoms with Gasteiger partial charge in [-0.2, -0.15) is 0 Å². The molecule has 2 N–H and O–H groups in total. The highest BCUT2D eigenvalue weighted by atomic mass is 16.5. The highest BCUT2D eigenvalue weighted by Crippen LogP contribution is 2.17. The van der Waals surface area contributed by atoms with E-state index in [1.165, 1.54) is 12.1 Å². The number of amides is 1. The average Bonchev–Trinajstić information content (AvgIpc) is 2.34. The van der Waals surface area contributed by atoms with Crippen molar-refractivity contribution in [2.45, 2.75) is 0 Å². The van der Waals surface area contributed by atoms with Gasteiger partial charge in [0.15, 0.2) is 6.61 Å². The normalized spacial score (nSPS) is 9.12. The van der Waals surface area contributed by atoms with Gasteiger partial charge in [0.1, 0.15) is 11.3 Å². The summed E-state index contributed by atoms with van der Waals surface area (Å²) in [6.45, 7) is -0.158. The summed E-state index contributed by atoms with van der Waals surface area (Å²) in [6.07, 6.45) is 4.96. The molecule has 0 aromatic heterocycles. The van der Waals surface area contributed by atoms with Crippen LogP contribution in [0.3, 0.4) is 0 Å². The fraction of sp³-hybridized carbons (Fsp3) is 0.167. The predicted molar refractivity (Wildman–Crippen MR) is 60.7 cm³/mol. The van der Waals surface area contributed by atoms with Gasteiger partial charge >= 0.3 is 5.97 Å². The lowest BCUT2D eigenvalue weighted by Gasteiger charge is -2.08. The number of hydrogen-bond donors (Lipinski definition) is 2. The van der Waals surface area contributed by atoms with E-state index in [9.17, 15) is 9.59 Å². The molecule has 0 unspecified atom stereocenters. The molecule has 0 heterocycles. The van der Waals surface area contributed by atoms with Crippen LogP contribution < -0.4 is 10.1 Å². The number of carboxylic acids is 1. The number of carbonyl (C=O) groups is 2. The zero-order chi connectivity index (χ0) is 12.7.